The van der Waals surface area contributed by atoms with E-state index in [1.807, 2.05) is 18.2 Å². The Hall–Kier alpha value is -1.37. The van der Waals surface area contributed by atoms with Gasteiger partial charge in [0.2, 0.25) is 0 Å². The Balaban J connectivity index is 2.34. The lowest BCUT2D eigenvalue weighted by Gasteiger charge is -2.04. The van der Waals surface area contributed by atoms with Gasteiger partial charge in [-0.1, -0.05) is 6.07 Å². The molecule has 5 heteroatoms. The maximum absolute atomic E-state index is 11.6. The quantitative estimate of drug-likeness (QED) is 0.794. The van der Waals surface area contributed by atoms with E-state index in [1.54, 1.807) is 19.3 Å². The summed E-state index contributed by atoms with van der Waals surface area (Å²) in [6, 6.07) is 7.44. The van der Waals surface area contributed by atoms with Crippen molar-refractivity contribution in [1.82, 2.24) is 9.55 Å². The van der Waals surface area contributed by atoms with E-state index >= 15 is 0 Å². The molecule has 4 nitrogen and oxygen atoms in total. The van der Waals surface area contributed by atoms with Crippen LogP contribution in [0, 0.1) is 3.57 Å². The Morgan fingerprint density at radius 2 is 2.25 bits per heavy atom. The van der Waals surface area contributed by atoms with E-state index < -0.39 is 0 Å². The number of aromatic nitrogens is 2. The predicted molar refractivity (Wildman–Crippen MR) is 68.7 cm³/mol. The normalized spacial score (nSPS) is 10.1. The SMILES string of the molecule is Cn1ccnc(Oc2cccc(I)c2)c1=O. The number of halogens is 1. The molecule has 1 heterocycles. The van der Waals surface area contributed by atoms with Crippen LogP contribution < -0.4 is 10.3 Å². The lowest BCUT2D eigenvalue weighted by atomic mass is 10.3. The molecule has 2 aromatic rings. The van der Waals surface area contributed by atoms with Gasteiger partial charge in [-0.2, -0.15) is 0 Å². The highest BCUT2D eigenvalue weighted by molar-refractivity contribution is 14.1. The zero-order valence-electron chi connectivity index (χ0n) is 8.55. The Morgan fingerprint density at radius 1 is 1.44 bits per heavy atom. The molecule has 0 radical (unpaired) electrons. The van der Waals surface area contributed by atoms with Crippen LogP contribution in [0.1, 0.15) is 0 Å². The molecular formula is C11H9IN2O2. The average Bonchev–Trinajstić information content (AvgIpc) is 2.25. The summed E-state index contributed by atoms with van der Waals surface area (Å²) in [5.41, 5.74) is -0.249. The molecule has 1 aromatic carbocycles. The van der Waals surface area contributed by atoms with Gasteiger partial charge in [-0.05, 0) is 40.8 Å². The van der Waals surface area contributed by atoms with Crippen molar-refractivity contribution < 1.29 is 4.74 Å². The third kappa shape index (κ3) is 2.41. The summed E-state index contributed by atoms with van der Waals surface area (Å²) in [6.07, 6.45) is 3.12. The van der Waals surface area contributed by atoms with Gasteiger partial charge in [0, 0.05) is 23.0 Å². The molecule has 0 unspecified atom stereocenters. The van der Waals surface area contributed by atoms with Crippen molar-refractivity contribution >= 4 is 22.6 Å². The van der Waals surface area contributed by atoms with Crippen LogP contribution in [0.5, 0.6) is 11.6 Å². The first-order chi connectivity index (χ1) is 7.66. The Morgan fingerprint density at radius 3 is 3.00 bits per heavy atom. The van der Waals surface area contributed by atoms with Crippen LogP contribution >= 0.6 is 22.6 Å². The predicted octanol–water partition coefficient (Wildman–Crippen LogP) is 2.18. The van der Waals surface area contributed by atoms with Crippen molar-refractivity contribution in [1.29, 1.82) is 0 Å². The minimum Gasteiger partial charge on any atom is -0.435 e. The molecule has 0 saturated carbocycles. The van der Waals surface area contributed by atoms with E-state index in [9.17, 15) is 4.79 Å². The third-order valence-corrected chi connectivity index (χ3v) is 2.67. The Labute approximate surface area is 106 Å². The topological polar surface area (TPSA) is 44.1 Å². The molecule has 0 aliphatic rings. The number of ether oxygens (including phenoxy) is 1. The van der Waals surface area contributed by atoms with E-state index in [0.29, 0.717) is 5.75 Å². The highest BCUT2D eigenvalue weighted by Crippen LogP contribution is 2.18. The molecule has 0 aliphatic carbocycles. The van der Waals surface area contributed by atoms with Crippen LogP contribution in [0.15, 0.2) is 41.5 Å². The van der Waals surface area contributed by atoms with Gasteiger partial charge in [0.1, 0.15) is 5.75 Å². The summed E-state index contributed by atoms with van der Waals surface area (Å²) >= 11 is 2.18. The molecule has 0 saturated heterocycles. The van der Waals surface area contributed by atoms with Crippen molar-refractivity contribution in [3.05, 3.63) is 50.6 Å². The fourth-order valence-corrected chi connectivity index (χ4v) is 1.70. The van der Waals surface area contributed by atoms with Gasteiger partial charge in [0.05, 0.1) is 0 Å². The molecule has 0 atom stereocenters. The molecule has 1 aromatic heterocycles. The van der Waals surface area contributed by atoms with E-state index in [2.05, 4.69) is 27.6 Å². The second kappa shape index (κ2) is 4.65. The lowest BCUT2D eigenvalue weighted by Crippen LogP contribution is -2.18. The number of nitrogens with zero attached hydrogens (tertiary/aromatic N) is 2. The van der Waals surface area contributed by atoms with Crippen LogP contribution in [-0.4, -0.2) is 9.55 Å². The van der Waals surface area contributed by atoms with Gasteiger partial charge >= 0.3 is 5.56 Å². The molecule has 2 rings (SSSR count). The zero-order chi connectivity index (χ0) is 11.5. The smallest absolute Gasteiger partial charge is 0.313 e. The Bertz CT molecular complexity index is 566. The van der Waals surface area contributed by atoms with Crippen molar-refractivity contribution in [3.63, 3.8) is 0 Å². The highest BCUT2D eigenvalue weighted by atomic mass is 127. The van der Waals surface area contributed by atoms with Gasteiger partial charge in [-0.25, -0.2) is 4.98 Å². The fourth-order valence-electron chi connectivity index (χ4n) is 1.19. The molecule has 16 heavy (non-hydrogen) atoms. The highest BCUT2D eigenvalue weighted by Gasteiger charge is 2.05. The maximum atomic E-state index is 11.6. The van der Waals surface area contributed by atoms with Crippen molar-refractivity contribution in [2.45, 2.75) is 0 Å². The van der Waals surface area contributed by atoms with Crippen LogP contribution in [-0.2, 0) is 7.05 Å². The molecule has 0 spiro atoms. The standard InChI is InChI=1S/C11H9IN2O2/c1-14-6-5-13-10(11(14)15)16-9-4-2-3-8(12)7-9/h2-7H,1H3. The first-order valence-electron chi connectivity index (χ1n) is 4.62. The summed E-state index contributed by atoms with van der Waals surface area (Å²) in [5.74, 6) is 0.703. The average molecular weight is 328 g/mol. The van der Waals surface area contributed by atoms with Gasteiger partial charge < -0.3 is 9.30 Å². The molecule has 0 amide bonds. The largest absolute Gasteiger partial charge is 0.435 e. The molecule has 82 valence electrons. The zero-order valence-corrected chi connectivity index (χ0v) is 10.7. The van der Waals surface area contributed by atoms with E-state index in [1.165, 1.54) is 10.8 Å². The van der Waals surface area contributed by atoms with Crippen molar-refractivity contribution in [3.8, 4) is 11.6 Å². The number of aryl methyl sites for hydroxylation is 1. The number of hydrogen-bond donors (Lipinski definition) is 0. The van der Waals surface area contributed by atoms with Crippen LogP contribution in [0.25, 0.3) is 0 Å². The van der Waals surface area contributed by atoms with Crippen molar-refractivity contribution in [2.24, 2.45) is 7.05 Å². The number of rotatable bonds is 2. The second-order valence-corrected chi connectivity index (χ2v) is 4.45. The monoisotopic (exact) mass is 328 g/mol. The summed E-state index contributed by atoms with van der Waals surface area (Å²) < 4.78 is 7.89. The maximum Gasteiger partial charge on any atom is 0.313 e. The summed E-state index contributed by atoms with van der Waals surface area (Å²) in [4.78, 5) is 15.5. The minimum atomic E-state index is -0.249. The van der Waals surface area contributed by atoms with Gasteiger partial charge in [-0.15, -0.1) is 0 Å². The van der Waals surface area contributed by atoms with Gasteiger partial charge in [-0.3, -0.25) is 4.79 Å². The molecule has 0 bridgehead atoms. The molecular weight excluding hydrogens is 319 g/mol. The number of benzene rings is 1. The van der Waals surface area contributed by atoms with Crippen LogP contribution in [0.2, 0.25) is 0 Å². The van der Waals surface area contributed by atoms with Crippen LogP contribution in [0.4, 0.5) is 0 Å². The summed E-state index contributed by atoms with van der Waals surface area (Å²) in [5, 5.41) is 0. The second-order valence-electron chi connectivity index (χ2n) is 3.21. The van der Waals surface area contributed by atoms with Crippen LogP contribution in [0.3, 0.4) is 0 Å². The summed E-state index contributed by atoms with van der Waals surface area (Å²) in [7, 11) is 1.66. The van der Waals surface area contributed by atoms with E-state index in [0.717, 1.165) is 3.57 Å². The molecule has 0 fully saturated rings. The van der Waals surface area contributed by atoms with Gasteiger partial charge in [0.15, 0.2) is 0 Å². The molecule has 0 N–H and O–H groups in total. The molecule has 0 aliphatic heterocycles. The van der Waals surface area contributed by atoms with E-state index in [-0.39, 0.29) is 11.4 Å². The van der Waals surface area contributed by atoms with Gasteiger partial charge in [0.25, 0.3) is 5.88 Å². The Kier molecular flexibility index (Phi) is 3.23. The summed E-state index contributed by atoms with van der Waals surface area (Å²) in [6.45, 7) is 0. The number of hydrogen-bond acceptors (Lipinski definition) is 3. The first kappa shape index (κ1) is 11.1. The fraction of sp³-hybridized carbons (Fsp3) is 0.0909. The van der Waals surface area contributed by atoms with E-state index in [4.69, 9.17) is 4.74 Å². The lowest BCUT2D eigenvalue weighted by molar-refractivity contribution is 0.448. The first-order valence-corrected chi connectivity index (χ1v) is 5.70. The van der Waals surface area contributed by atoms with Crippen molar-refractivity contribution in [2.75, 3.05) is 0 Å². The minimum absolute atomic E-state index is 0.0898. The third-order valence-electron chi connectivity index (χ3n) is 2.00.